The van der Waals surface area contributed by atoms with Crippen molar-refractivity contribution >= 4 is 29.7 Å². The first kappa shape index (κ1) is 61.5. The second kappa shape index (κ2) is 44.0. The molecule has 0 aliphatic heterocycles. The van der Waals surface area contributed by atoms with Crippen LogP contribution < -0.4 is 32.7 Å². The number of benzene rings is 1. The maximum Gasteiger partial charge on any atom is 0.312 e. The van der Waals surface area contributed by atoms with E-state index in [0.717, 1.165) is 12.0 Å². The average Bonchev–Trinajstić information content (AvgIpc) is 3.11. The van der Waals surface area contributed by atoms with Gasteiger partial charge in [0.15, 0.2) is 0 Å². The first-order chi connectivity index (χ1) is 25.0. The van der Waals surface area contributed by atoms with E-state index in [9.17, 15) is 24.0 Å². The van der Waals surface area contributed by atoms with Crippen molar-refractivity contribution < 1.29 is 85.8 Å². The molecule has 17 nitrogen and oxygen atoms in total. The number of rotatable bonds is 28. The van der Waals surface area contributed by atoms with Crippen LogP contribution in [0.2, 0.25) is 0 Å². The van der Waals surface area contributed by atoms with Gasteiger partial charge >= 0.3 is 6.03 Å². The number of nitrogens with one attached hydrogen (secondary N) is 4. The molecular formula is C37H70N6O11Y-2. The molecule has 319 valence electrons. The van der Waals surface area contributed by atoms with Crippen molar-refractivity contribution in [2.45, 2.75) is 85.4 Å². The summed E-state index contributed by atoms with van der Waals surface area (Å²) in [5.41, 5.74) is 11.4. The third kappa shape index (κ3) is 39.3. The molecule has 0 heterocycles. The minimum atomic E-state index is -0.951. The van der Waals surface area contributed by atoms with Crippen LogP contribution in [0, 0.1) is 20.8 Å². The van der Waals surface area contributed by atoms with Gasteiger partial charge in [0.1, 0.15) is 18.7 Å². The van der Waals surface area contributed by atoms with Crippen molar-refractivity contribution in [3.05, 3.63) is 50.7 Å². The molecule has 1 aromatic rings. The molecule has 0 aromatic heterocycles. The molecule has 9 N–H and O–H groups in total. The van der Waals surface area contributed by atoms with Gasteiger partial charge in [0, 0.05) is 58.6 Å². The van der Waals surface area contributed by atoms with Gasteiger partial charge in [-0.3, -0.25) is 24.4 Å². The Morgan fingerprint density at radius 2 is 1.25 bits per heavy atom. The second-order valence-corrected chi connectivity index (χ2v) is 11.2. The van der Waals surface area contributed by atoms with Crippen LogP contribution in [0.15, 0.2) is 30.3 Å². The summed E-state index contributed by atoms with van der Waals surface area (Å²) in [5, 5.41) is 18.4. The number of urea groups is 1. The molecule has 1 rings (SSSR count). The molecule has 0 spiro atoms. The Bertz CT molecular complexity index is 1080. The minimum Gasteiger partial charge on any atom is -0.379 e. The predicted molar refractivity (Wildman–Crippen MR) is 209 cm³/mol. The largest absolute Gasteiger partial charge is 0.379 e. The van der Waals surface area contributed by atoms with Gasteiger partial charge in [-0.2, -0.15) is 0 Å². The molecule has 18 heteroatoms. The molecule has 0 saturated heterocycles. The van der Waals surface area contributed by atoms with E-state index in [1.807, 2.05) is 51.1 Å². The van der Waals surface area contributed by atoms with Crippen LogP contribution in [0.3, 0.4) is 0 Å². The fourth-order valence-electron chi connectivity index (χ4n) is 4.00. The topological polar surface area (TPSA) is 252 Å². The minimum absolute atomic E-state index is 0. The molecule has 1 radical (unpaired) electrons. The molecular weight excluding hydrogens is 793 g/mol. The quantitative estimate of drug-likeness (QED) is 0.0279. The normalized spacial score (nSPS) is 10.9. The summed E-state index contributed by atoms with van der Waals surface area (Å²) in [6.07, 6.45) is 1.96. The van der Waals surface area contributed by atoms with Gasteiger partial charge < -0.3 is 66.5 Å². The Hall–Kier alpha value is -2.77. The monoisotopic (exact) mass is 863 g/mol. The summed E-state index contributed by atoms with van der Waals surface area (Å²) in [6, 6.07) is 6.98. The molecule has 0 saturated carbocycles. The maximum atomic E-state index is 12.7. The molecule has 0 aliphatic rings. The van der Waals surface area contributed by atoms with Gasteiger partial charge in [0.2, 0.25) is 23.6 Å². The first-order valence-corrected chi connectivity index (χ1v) is 17.8. The van der Waals surface area contributed by atoms with E-state index in [-0.39, 0.29) is 97.9 Å². The fraction of sp³-hybridized carbons (Fsp3) is 0.649. The molecule has 2 unspecified atom stereocenters. The third-order valence-corrected chi connectivity index (χ3v) is 6.60. The number of hydrogen-bond acceptors (Lipinski definition) is 11. The van der Waals surface area contributed by atoms with Crippen molar-refractivity contribution in [3.63, 3.8) is 0 Å². The first-order valence-electron chi connectivity index (χ1n) is 17.8. The number of primary amides is 2. The van der Waals surface area contributed by atoms with Crippen molar-refractivity contribution in [3.8, 4) is 0 Å². The molecule has 1 aromatic carbocycles. The van der Waals surface area contributed by atoms with Crippen LogP contribution in [0.1, 0.15) is 72.3 Å². The molecule has 0 bridgehead atoms. The van der Waals surface area contributed by atoms with Gasteiger partial charge in [0.25, 0.3) is 0 Å². The summed E-state index contributed by atoms with van der Waals surface area (Å²) in [7, 11) is 0. The van der Waals surface area contributed by atoms with Crippen molar-refractivity contribution in [2.24, 2.45) is 17.4 Å². The molecule has 0 aliphatic carbocycles. The summed E-state index contributed by atoms with van der Waals surface area (Å²) >= 11 is 0. The molecule has 6 amide bonds. The van der Waals surface area contributed by atoms with Gasteiger partial charge in [-0.15, -0.1) is 0 Å². The van der Waals surface area contributed by atoms with E-state index in [0.29, 0.717) is 65.6 Å². The third-order valence-electron chi connectivity index (χ3n) is 6.60. The van der Waals surface area contributed by atoms with Crippen LogP contribution in [-0.4, -0.2) is 113 Å². The number of carbonyl (C=O) groups excluding carboxylic acids is 5. The molecule has 55 heavy (non-hydrogen) atoms. The van der Waals surface area contributed by atoms with Gasteiger partial charge in [-0.1, -0.05) is 65.0 Å². The molecule has 2 atom stereocenters. The molecule has 0 fully saturated rings. The van der Waals surface area contributed by atoms with E-state index in [4.69, 9.17) is 35.7 Å². The zero-order valence-electron chi connectivity index (χ0n) is 34.2. The standard InChI is InChI=1S/C26H50N6O9.C7H8O2.C2H6.2CH3.Y/c1-4-6-21(33)29-10-12-39-14-16-41-18-17-40-15-13-38-11-8-22(34)32-23(19(2)3)25(36)31-20(24(27)35)7-5-9-30-26(28)37;8-9-6-7-4-2-1-3-5-7;1-2;;;/h19-20,23H,4-18H2,1-3H3,(H2,27,35)(H,29,33)(H,31,36)(H,32,34)(H3,28,30,37);1-5,8H,6H2;1-2H3;2*1H3;/q;;;2*-1;. The van der Waals surface area contributed by atoms with Crippen LogP contribution in [0.25, 0.3) is 0 Å². The smallest absolute Gasteiger partial charge is 0.312 e. The number of amides is 6. The summed E-state index contributed by atoms with van der Waals surface area (Å²) in [6.45, 7) is 13.3. The average molecular weight is 864 g/mol. The van der Waals surface area contributed by atoms with Crippen molar-refractivity contribution in [1.29, 1.82) is 0 Å². The summed E-state index contributed by atoms with van der Waals surface area (Å²) < 4.78 is 21.6. The summed E-state index contributed by atoms with van der Waals surface area (Å²) in [4.78, 5) is 62.8. The number of hydrogen-bond donors (Lipinski definition) is 7. The van der Waals surface area contributed by atoms with E-state index >= 15 is 0 Å². The van der Waals surface area contributed by atoms with Crippen LogP contribution in [0.4, 0.5) is 4.79 Å². The van der Waals surface area contributed by atoms with Gasteiger partial charge in [0.05, 0.1) is 52.9 Å². The second-order valence-electron chi connectivity index (χ2n) is 11.2. The van der Waals surface area contributed by atoms with Gasteiger partial charge in [-0.25, -0.2) is 9.68 Å². The van der Waals surface area contributed by atoms with Crippen LogP contribution >= 0.6 is 0 Å². The zero-order valence-corrected chi connectivity index (χ0v) is 37.0. The Balaban J connectivity index is -0.000000512. The zero-order chi connectivity index (χ0) is 39.4. The maximum absolute atomic E-state index is 12.7. The number of nitrogens with two attached hydrogens (primary N) is 2. The van der Waals surface area contributed by atoms with Crippen LogP contribution in [-0.2, 0) is 82.3 Å². The Morgan fingerprint density at radius 3 is 1.73 bits per heavy atom. The van der Waals surface area contributed by atoms with Crippen molar-refractivity contribution in [1.82, 2.24) is 21.3 Å². The van der Waals surface area contributed by atoms with E-state index < -0.39 is 29.9 Å². The predicted octanol–water partition coefficient (Wildman–Crippen LogP) is 2.52. The van der Waals surface area contributed by atoms with E-state index in [1.54, 1.807) is 13.8 Å². The Kier molecular flexibility index (Phi) is 49.1. The van der Waals surface area contributed by atoms with E-state index in [1.165, 1.54) is 0 Å². The Labute approximate surface area is 354 Å². The van der Waals surface area contributed by atoms with Gasteiger partial charge in [-0.05, 0) is 30.7 Å². The van der Waals surface area contributed by atoms with Crippen LogP contribution in [0.5, 0.6) is 0 Å². The van der Waals surface area contributed by atoms with Crippen molar-refractivity contribution in [2.75, 3.05) is 65.9 Å². The SMILES string of the molecule is CC.CCCC(=O)NCCOCCOCCOCCOCCC(=O)NC(C(=O)NC(CCCNC(N)=O)C(N)=O)C(C)C.OOCc1ccccc1.[CH3-].[CH3-].[Y]. The van der Waals surface area contributed by atoms with E-state index in [2.05, 4.69) is 26.2 Å². The number of carbonyl (C=O) groups is 5. The fourth-order valence-corrected chi connectivity index (χ4v) is 4.00. The Morgan fingerprint density at radius 1 is 0.727 bits per heavy atom. The summed E-state index contributed by atoms with van der Waals surface area (Å²) in [5.74, 6) is -1.84. The number of ether oxygens (including phenoxy) is 4.